The second-order valence-electron chi connectivity index (χ2n) is 3.50. The second-order valence-corrected chi connectivity index (χ2v) is 3.50. The van der Waals surface area contributed by atoms with Gasteiger partial charge in [-0.25, -0.2) is 0 Å². The van der Waals surface area contributed by atoms with Crippen LogP contribution in [-0.2, 0) is 13.1 Å². The van der Waals surface area contributed by atoms with Crippen molar-refractivity contribution >= 4 is 0 Å². The van der Waals surface area contributed by atoms with Crippen LogP contribution in [0.1, 0.15) is 24.0 Å². The van der Waals surface area contributed by atoms with Crippen LogP contribution in [-0.4, -0.2) is 11.1 Å². The van der Waals surface area contributed by atoms with E-state index >= 15 is 0 Å². The van der Waals surface area contributed by atoms with Gasteiger partial charge in [0.15, 0.2) is 0 Å². The van der Waals surface area contributed by atoms with Gasteiger partial charge >= 0.3 is 0 Å². The fourth-order valence-corrected chi connectivity index (χ4v) is 1.38. The Labute approximate surface area is 83.3 Å². The van der Waals surface area contributed by atoms with Gasteiger partial charge in [-0.05, 0) is 18.4 Å². The Hall–Kier alpha value is -1.13. The third-order valence-electron chi connectivity index (χ3n) is 2.35. The highest BCUT2D eigenvalue weighted by atomic mass is 16.5. The lowest BCUT2D eigenvalue weighted by Gasteiger charge is -2.11. The maximum absolute atomic E-state index is 5.69. The molecule has 0 saturated heterocycles. The predicted octanol–water partition coefficient (Wildman–Crippen LogP) is 0.540. The van der Waals surface area contributed by atoms with E-state index in [4.69, 9.17) is 16.2 Å². The lowest BCUT2D eigenvalue weighted by molar-refractivity contribution is 0.298. The Balaban J connectivity index is 2.26. The van der Waals surface area contributed by atoms with Crippen molar-refractivity contribution in [2.45, 2.75) is 32.0 Å². The van der Waals surface area contributed by atoms with Crippen molar-refractivity contribution in [2.75, 3.05) is 0 Å². The lowest BCUT2D eigenvalue weighted by atomic mass is 10.1. The first-order valence-electron chi connectivity index (χ1n) is 4.87. The van der Waals surface area contributed by atoms with Gasteiger partial charge in [-0.2, -0.15) is 0 Å². The molecule has 4 heteroatoms. The first kappa shape index (κ1) is 9.43. The maximum atomic E-state index is 5.69. The van der Waals surface area contributed by atoms with E-state index in [1.807, 2.05) is 0 Å². The fraction of sp³-hybridized carbons (Fsp3) is 0.500. The van der Waals surface area contributed by atoms with Crippen LogP contribution in [0.3, 0.4) is 0 Å². The Morgan fingerprint density at radius 2 is 2.07 bits per heavy atom. The highest BCUT2D eigenvalue weighted by Crippen LogP contribution is 2.29. The van der Waals surface area contributed by atoms with E-state index in [1.165, 1.54) is 0 Å². The molecule has 0 spiro atoms. The summed E-state index contributed by atoms with van der Waals surface area (Å²) in [6.07, 6.45) is 6.12. The monoisotopic (exact) mass is 193 g/mol. The number of pyridine rings is 1. The molecule has 1 saturated carbocycles. The summed E-state index contributed by atoms with van der Waals surface area (Å²) in [6.45, 7) is 0.915. The molecule has 1 aromatic rings. The van der Waals surface area contributed by atoms with Crippen LogP contribution in [0.5, 0.6) is 5.75 Å². The highest BCUT2D eigenvalue weighted by molar-refractivity contribution is 5.37. The molecule has 1 aromatic heterocycles. The molecular formula is C10H15N3O. The van der Waals surface area contributed by atoms with Crippen molar-refractivity contribution in [1.29, 1.82) is 0 Å². The van der Waals surface area contributed by atoms with Gasteiger partial charge in [0.1, 0.15) is 5.75 Å². The van der Waals surface area contributed by atoms with Crippen LogP contribution in [0.4, 0.5) is 0 Å². The minimum absolute atomic E-state index is 0.370. The van der Waals surface area contributed by atoms with Crippen LogP contribution in [0.25, 0.3) is 0 Å². The van der Waals surface area contributed by atoms with Crippen molar-refractivity contribution in [3.8, 4) is 5.75 Å². The molecule has 0 bridgehead atoms. The topological polar surface area (TPSA) is 74.2 Å². The van der Waals surface area contributed by atoms with Crippen molar-refractivity contribution < 1.29 is 4.74 Å². The first-order valence-corrected chi connectivity index (χ1v) is 4.87. The van der Waals surface area contributed by atoms with Crippen LogP contribution >= 0.6 is 0 Å². The van der Waals surface area contributed by atoms with E-state index in [0.29, 0.717) is 19.2 Å². The summed E-state index contributed by atoms with van der Waals surface area (Å²) >= 11 is 0. The molecule has 1 fully saturated rings. The molecule has 0 radical (unpaired) electrons. The Kier molecular flexibility index (Phi) is 2.65. The van der Waals surface area contributed by atoms with Crippen molar-refractivity contribution in [1.82, 2.24) is 4.98 Å². The number of hydrogen-bond donors (Lipinski definition) is 2. The predicted molar refractivity (Wildman–Crippen MR) is 53.7 cm³/mol. The SMILES string of the molecule is NCc1cncc(OC2CC2)c1CN. The number of rotatable bonds is 4. The fourth-order valence-electron chi connectivity index (χ4n) is 1.38. The summed E-state index contributed by atoms with van der Waals surface area (Å²) in [5, 5.41) is 0. The van der Waals surface area contributed by atoms with Crippen LogP contribution in [0, 0.1) is 0 Å². The van der Waals surface area contributed by atoms with E-state index < -0.39 is 0 Å². The maximum Gasteiger partial charge on any atom is 0.142 e. The summed E-state index contributed by atoms with van der Waals surface area (Å²) in [6, 6.07) is 0. The van der Waals surface area contributed by atoms with Gasteiger partial charge in [0.25, 0.3) is 0 Å². The van der Waals surface area contributed by atoms with Crippen molar-refractivity contribution in [2.24, 2.45) is 11.5 Å². The first-order chi connectivity index (χ1) is 6.85. The molecule has 1 aliphatic carbocycles. The molecule has 0 aromatic carbocycles. The minimum Gasteiger partial charge on any atom is -0.488 e. The number of aromatic nitrogens is 1. The molecule has 1 aliphatic rings. The Morgan fingerprint density at radius 3 is 2.64 bits per heavy atom. The van der Waals surface area contributed by atoms with E-state index in [0.717, 1.165) is 29.7 Å². The molecule has 0 amide bonds. The van der Waals surface area contributed by atoms with E-state index in [1.54, 1.807) is 12.4 Å². The van der Waals surface area contributed by atoms with E-state index in [9.17, 15) is 0 Å². The van der Waals surface area contributed by atoms with Gasteiger partial charge in [-0.1, -0.05) is 0 Å². The normalized spacial score (nSPS) is 15.6. The Morgan fingerprint density at radius 1 is 1.29 bits per heavy atom. The lowest BCUT2D eigenvalue weighted by Crippen LogP contribution is -2.10. The summed E-state index contributed by atoms with van der Waals surface area (Å²) < 4.78 is 5.69. The molecule has 4 nitrogen and oxygen atoms in total. The number of nitrogens with zero attached hydrogens (tertiary/aromatic N) is 1. The van der Waals surface area contributed by atoms with E-state index in [2.05, 4.69) is 4.98 Å². The number of hydrogen-bond acceptors (Lipinski definition) is 4. The highest BCUT2D eigenvalue weighted by Gasteiger charge is 2.24. The molecule has 0 aliphatic heterocycles. The number of nitrogens with two attached hydrogens (primary N) is 2. The summed E-state index contributed by atoms with van der Waals surface area (Å²) in [5.74, 6) is 0.804. The molecule has 0 unspecified atom stereocenters. The second kappa shape index (κ2) is 3.94. The summed E-state index contributed by atoms with van der Waals surface area (Å²) in [4.78, 5) is 4.08. The van der Waals surface area contributed by atoms with Crippen LogP contribution in [0.15, 0.2) is 12.4 Å². The molecule has 4 N–H and O–H groups in total. The standard InChI is InChI=1S/C10H15N3O/c11-3-7-5-13-6-10(9(7)4-12)14-8-1-2-8/h5-6,8H,1-4,11-12H2. The summed E-state index contributed by atoms with van der Waals surface area (Å²) in [7, 11) is 0. The van der Waals surface area contributed by atoms with Gasteiger partial charge in [0.2, 0.25) is 0 Å². The molecule has 14 heavy (non-hydrogen) atoms. The van der Waals surface area contributed by atoms with Gasteiger partial charge < -0.3 is 16.2 Å². The third kappa shape index (κ3) is 1.86. The molecule has 0 atom stereocenters. The van der Waals surface area contributed by atoms with Crippen molar-refractivity contribution in [3.05, 3.63) is 23.5 Å². The van der Waals surface area contributed by atoms with Gasteiger partial charge in [0, 0.05) is 24.8 Å². The van der Waals surface area contributed by atoms with Gasteiger partial charge in [-0.3, -0.25) is 4.98 Å². The quantitative estimate of drug-likeness (QED) is 0.732. The average Bonchev–Trinajstić information content (AvgIpc) is 3.01. The average molecular weight is 193 g/mol. The van der Waals surface area contributed by atoms with Gasteiger partial charge in [0.05, 0.1) is 12.3 Å². The zero-order valence-corrected chi connectivity index (χ0v) is 8.07. The minimum atomic E-state index is 0.370. The van der Waals surface area contributed by atoms with Crippen LogP contribution in [0.2, 0.25) is 0 Å². The largest absolute Gasteiger partial charge is 0.488 e. The molecule has 76 valence electrons. The van der Waals surface area contributed by atoms with Crippen LogP contribution < -0.4 is 16.2 Å². The molecule has 1 heterocycles. The van der Waals surface area contributed by atoms with Crippen molar-refractivity contribution in [3.63, 3.8) is 0 Å². The number of ether oxygens (including phenoxy) is 1. The summed E-state index contributed by atoms with van der Waals surface area (Å²) in [5.41, 5.74) is 13.2. The molecule has 2 rings (SSSR count). The molecular weight excluding hydrogens is 178 g/mol. The zero-order chi connectivity index (χ0) is 9.97. The smallest absolute Gasteiger partial charge is 0.142 e. The van der Waals surface area contributed by atoms with E-state index in [-0.39, 0.29) is 0 Å². The third-order valence-corrected chi connectivity index (χ3v) is 2.35. The van der Waals surface area contributed by atoms with Gasteiger partial charge in [-0.15, -0.1) is 0 Å². The zero-order valence-electron chi connectivity index (χ0n) is 8.07. The Bertz CT molecular complexity index is 323.